The molecule has 2 amide bonds. The summed E-state index contributed by atoms with van der Waals surface area (Å²) in [5.41, 5.74) is 0.682. The molecule has 3 N–H and O–H groups in total. The third-order valence-electron chi connectivity index (χ3n) is 4.34. The third kappa shape index (κ3) is 3.59. The van der Waals surface area contributed by atoms with E-state index in [9.17, 15) is 9.59 Å². The number of nitrogens with one attached hydrogen (secondary N) is 3. The molecule has 2 fully saturated rings. The van der Waals surface area contributed by atoms with E-state index in [1.54, 1.807) is 24.3 Å². The molecule has 22 heavy (non-hydrogen) atoms. The highest BCUT2D eigenvalue weighted by molar-refractivity contribution is 6.30. The Morgan fingerprint density at radius 3 is 2.59 bits per heavy atom. The average molecular weight is 322 g/mol. The van der Waals surface area contributed by atoms with Gasteiger partial charge in [-0.15, -0.1) is 0 Å². The number of carbonyl (C=O) groups is 2. The SMILES string of the molecule is O=C(C[C@@H]1N[C@@H]2CCCC[C@@H]2NC1=O)Nc1ccc(Cl)cc1. The second-order valence-electron chi connectivity index (χ2n) is 5.98. The predicted molar refractivity (Wildman–Crippen MR) is 85.8 cm³/mol. The van der Waals surface area contributed by atoms with Crippen LogP contribution in [0.3, 0.4) is 0 Å². The van der Waals surface area contributed by atoms with Gasteiger partial charge in [-0.2, -0.15) is 0 Å². The number of piperazine rings is 1. The van der Waals surface area contributed by atoms with Gasteiger partial charge < -0.3 is 16.0 Å². The molecule has 1 heterocycles. The van der Waals surface area contributed by atoms with Crippen molar-refractivity contribution in [2.24, 2.45) is 0 Å². The van der Waals surface area contributed by atoms with Crippen molar-refractivity contribution >= 4 is 29.1 Å². The largest absolute Gasteiger partial charge is 0.350 e. The second kappa shape index (κ2) is 6.67. The fourth-order valence-corrected chi connectivity index (χ4v) is 3.33. The smallest absolute Gasteiger partial charge is 0.237 e. The van der Waals surface area contributed by atoms with E-state index in [1.165, 1.54) is 6.42 Å². The van der Waals surface area contributed by atoms with E-state index in [1.807, 2.05) is 0 Å². The lowest BCUT2D eigenvalue weighted by Gasteiger charge is -2.40. The minimum Gasteiger partial charge on any atom is -0.350 e. The van der Waals surface area contributed by atoms with Crippen LogP contribution in [0.15, 0.2) is 24.3 Å². The molecule has 2 aliphatic rings. The predicted octanol–water partition coefficient (Wildman–Crippen LogP) is 2.07. The van der Waals surface area contributed by atoms with Gasteiger partial charge in [0.25, 0.3) is 0 Å². The standard InChI is InChI=1S/C16H20ClN3O2/c17-10-5-7-11(8-6-10)18-15(21)9-14-16(22)20-13-4-2-1-3-12(13)19-14/h5-8,12-14,19H,1-4,9H2,(H,18,21)(H,20,22)/t12-,13+,14+/m1/s1. The third-order valence-corrected chi connectivity index (χ3v) is 4.59. The molecular weight excluding hydrogens is 302 g/mol. The zero-order valence-electron chi connectivity index (χ0n) is 12.3. The summed E-state index contributed by atoms with van der Waals surface area (Å²) in [5, 5.41) is 9.79. The summed E-state index contributed by atoms with van der Waals surface area (Å²) in [5.74, 6) is -0.251. The summed E-state index contributed by atoms with van der Waals surface area (Å²) >= 11 is 5.81. The van der Waals surface area contributed by atoms with Crippen molar-refractivity contribution in [1.29, 1.82) is 0 Å². The van der Waals surface area contributed by atoms with Crippen LogP contribution in [0.2, 0.25) is 5.02 Å². The zero-order chi connectivity index (χ0) is 15.5. The maximum atomic E-state index is 12.1. The quantitative estimate of drug-likeness (QED) is 0.798. The molecule has 3 atom stereocenters. The first-order valence-corrected chi connectivity index (χ1v) is 8.11. The molecule has 1 saturated carbocycles. The first-order chi connectivity index (χ1) is 10.6. The van der Waals surface area contributed by atoms with Crippen LogP contribution in [-0.4, -0.2) is 29.9 Å². The van der Waals surface area contributed by atoms with Gasteiger partial charge in [0.05, 0.1) is 12.5 Å². The molecule has 1 aliphatic heterocycles. The molecule has 1 aromatic rings. The summed E-state index contributed by atoms with van der Waals surface area (Å²) in [7, 11) is 0. The fourth-order valence-electron chi connectivity index (χ4n) is 3.20. The van der Waals surface area contributed by atoms with Crippen molar-refractivity contribution in [2.75, 3.05) is 5.32 Å². The first-order valence-electron chi connectivity index (χ1n) is 7.73. The number of hydrogen-bond donors (Lipinski definition) is 3. The Balaban J connectivity index is 1.56. The van der Waals surface area contributed by atoms with Crippen molar-refractivity contribution < 1.29 is 9.59 Å². The summed E-state index contributed by atoms with van der Waals surface area (Å²) < 4.78 is 0. The molecule has 1 aromatic carbocycles. The van der Waals surface area contributed by atoms with Gasteiger partial charge in [0.2, 0.25) is 11.8 Å². The molecule has 0 bridgehead atoms. The van der Waals surface area contributed by atoms with Crippen molar-refractivity contribution in [2.45, 2.75) is 50.2 Å². The summed E-state index contributed by atoms with van der Waals surface area (Å²) in [4.78, 5) is 24.2. The molecule has 6 heteroatoms. The van der Waals surface area contributed by atoms with Crippen molar-refractivity contribution in [1.82, 2.24) is 10.6 Å². The summed E-state index contributed by atoms with van der Waals surface area (Å²) in [6, 6.07) is 6.98. The molecular formula is C16H20ClN3O2. The second-order valence-corrected chi connectivity index (χ2v) is 6.42. The topological polar surface area (TPSA) is 70.2 Å². The van der Waals surface area contributed by atoms with Crippen molar-refractivity contribution in [3.8, 4) is 0 Å². The van der Waals surface area contributed by atoms with Gasteiger partial charge >= 0.3 is 0 Å². The number of anilines is 1. The lowest BCUT2D eigenvalue weighted by molar-refractivity contribution is -0.129. The van der Waals surface area contributed by atoms with Crippen molar-refractivity contribution in [3.05, 3.63) is 29.3 Å². The van der Waals surface area contributed by atoms with E-state index < -0.39 is 6.04 Å². The van der Waals surface area contributed by atoms with E-state index in [-0.39, 0.29) is 24.3 Å². The number of halogens is 1. The van der Waals surface area contributed by atoms with Gasteiger partial charge in [-0.25, -0.2) is 0 Å². The van der Waals surface area contributed by atoms with Gasteiger partial charge in [-0.1, -0.05) is 24.4 Å². The first kappa shape index (κ1) is 15.3. The number of carbonyl (C=O) groups excluding carboxylic acids is 2. The molecule has 1 aliphatic carbocycles. The fraction of sp³-hybridized carbons (Fsp3) is 0.500. The van der Waals surface area contributed by atoms with Gasteiger partial charge in [-0.05, 0) is 37.1 Å². The van der Waals surface area contributed by atoms with Crippen LogP contribution in [0.4, 0.5) is 5.69 Å². The number of hydrogen-bond acceptors (Lipinski definition) is 3. The molecule has 0 unspecified atom stereocenters. The maximum Gasteiger partial charge on any atom is 0.237 e. The molecule has 118 valence electrons. The van der Waals surface area contributed by atoms with Crippen LogP contribution >= 0.6 is 11.6 Å². The van der Waals surface area contributed by atoms with Crippen LogP contribution in [0.5, 0.6) is 0 Å². The van der Waals surface area contributed by atoms with E-state index in [4.69, 9.17) is 11.6 Å². The highest BCUT2D eigenvalue weighted by atomic mass is 35.5. The van der Waals surface area contributed by atoms with Crippen molar-refractivity contribution in [3.63, 3.8) is 0 Å². The molecule has 3 rings (SSSR count). The Morgan fingerprint density at radius 1 is 1.18 bits per heavy atom. The van der Waals surface area contributed by atoms with E-state index in [0.29, 0.717) is 16.8 Å². The molecule has 0 radical (unpaired) electrons. The molecule has 0 spiro atoms. The normalized spacial score (nSPS) is 27.7. The number of benzene rings is 1. The van der Waals surface area contributed by atoms with Crippen LogP contribution < -0.4 is 16.0 Å². The lowest BCUT2D eigenvalue weighted by atomic mass is 9.87. The highest BCUT2D eigenvalue weighted by Gasteiger charge is 2.36. The summed E-state index contributed by atoms with van der Waals surface area (Å²) in [6.45, 7) is 0. The Labute approximate surface area is 134 Å². The minimum absolute atomic E-state index is 0.0746. The van der Waals surface area contributed by atoms with Gasteiger partial charge in [-0.3, -0.25) is 9.59 Å². The van der Waals surface area contributed by atoms with Gasteiger partial charge in [0.1, 0.15) is 0 Å². The van der Waals surface area contributed by atoms with Gasteiger partial charge in [0.15, 0.2) is 0 Å². The Bertz CT molecular complexity index is 561. The number of amides is 2. The van der Waals surface area contributed by atoms with Crippen LogP contribution in [0.25, 0.3) is 0 Å². The maximum absolute atomic E-state index is 12.1. The molecule has 0 aromatic heterocycles. The molecule has 1 saturated heterocycles. The number of fused-ring (bicyclic) bond motifs is 1. The monoisotopic (exact) mass is 321 g/mol. The summed E-state index contributed by atoms with van der Waals surface area (Å²) in [6.07, 6.45) is 4.55. The van der Waals surface area contributed by atoms with Crippen LogP contribution in [0, 0.1) is 0 Å². The Morgan fingerprint density at radius 2 is 1.86 bits per heavy atom. The minimum atomic E-state index is -0.452. The zero-order valence-corrected chi connectivity index (χ0v) is 13.0. The average Bonchev–Trinajstić information content (AvgIpc) is 2.50. The van der Waals surface area contributed by atoms with E-state index in [2.05, 4.69) is 16.0 Å². The highest BCUT2D eigenvalue weighted by Crippen LogP contribution is 2.22. The lowest BCUT2D eigenvalue weighted by Crippen LogP contribution is -2.65. The Hall–Kier alpha value is -1.59. The van der Waals surface area contributed by atoms with Gasteiger partial charge in [0, 0.05) is 22.8 Å². The molecule has 5 nitrogen and oxygen atoms in total. The Kier molecular flexibility index (Phi) is 4.64. The van der Waals surface area contributed by atoms with E-state index >= 15 is 0 Å². The number of rotatable bonds is 3. The van der Waals surface area contributed by atoms with E-state index in [0.717, 1.165) is 19.3 Å². The van der Waals surface area contributed by atoms with Crippen LogP contribution in [-0.2, 0) is 9.59 Å². The van der Waals surface area contributed by atoms with Crippen LogP contribution in [0.1, 0.15) is 32.1 Å².